The lowest BCUT2D eigenvalue weighted by Crippen LogP contribution is -2.74. The molecule has 2 unspecified atom stereocenters. The number of nitrogen functional groups attached to an aromatic ring is 1. The number of β-lactam (4-membered cyclic amide) rings is 1. The standard InChI is InChI=1S/C14H16IN5O5S2/c1-25-19-7(6-2-26-13(16)17-6)9(21)18-8-10(22)20-4-14(3-15,12(23)24)5-27-11(8)20/h2,8,11H,3-5H2,1H3,(H2,16,17)(H,18,21)(H,23,24)/t8?,11-,14?/m1/s1. The number of carboxylic acids is 1. The molecule has 0 spiro atoms. The predicted octanol–water partition coefficient (Wildman–Crippen LogP) is -0.0183. The van der Waals surface area contributed by atoms with Gasteiger partial charge in [-0.25, -0.2) is 4.98 Å². The highest BCUT2D eigenvalue weighted by molar-refractivity contribution is 14.1. The second-order valence-electron chi connectivity index (χ2n) is 6.03. The summed E-state index contributed by atoms with van der Waals surface area (Å²) in [4.78, 5) is 46.9. The summed E-state index contributed by atoms with van der Waals surface area (Å²) in [7, 11) is 1.30. The number of nitrogens with one attached hydrogen (secondary N) is 1. The van der Waals surface area contributed by atoms with Crippen LogP contribution in [0.25, 0.3) is 0 Å². The second kappa shape index (κ2) is 7.79. The molecule has 2 amide bonds. The van der Waals surface area contributed by atoms with Gasteiger partial charge >= 0.3 is 5.97 Å². The zero-order valence-corrected chi connectivity index (χ0v) is 17.8. The van der Waals surface area contributed by atoms with Crippen molar-refractivity contribution in [2.24, 2.45) is 10.6 Å². The lowest BCUT2D eigenvalue weighted by molar-refractivity contribution is -0.157. The molecule has 146 valence electrons. The van der Waals surface area contributed by atoms with Crippen LogP contribution in [0.2, 0.25) is 0 Å². The Kier molecular flexibility index (Phi) is 5.81. The van der Waals surface area contributed by atoms with Crippen molar-refractivity contribution in [1.82, 2.24) is 15.2 Å². The fourth-order valence-corrected chi connectivity index (χ4v) is 6.09. The molecule has 3 heterocycles. The Labute approximate surface area is 176 Å². The Bertz CT molecular complexity index is 818. The van der Waals surface area contributed by atoms with Gasteiger partial charge in [0.05, 0.1) is 0 Å². The number of aromatic nitrogens is 1. The number of amides is 2. The maximum absolute atomic E-state index is 12.6. The lowest BCUT2D eigenvalue weighted by atomic mass is 9.89. The van der Waals surface area contributed by atoms with Crippen LogP contribution in [0.5, 0.6) is 0 Å². The van der Waals surface area contributed by atoms with Gasteiger partial charge in [-0.05, 0) is 0 Å². The first-order valence-corrected chi connectivity index (χ1v) is 11.1. The largest absolute Gasteiger partial charge is 0.481 e. The normalized spacial score (nSPS) is 27.6. The molecule has 0 aromatic carbocycles. The quantitative estimate of drug-likeness (QED) is 0.154. The molecule has 2 aliphatic heterocycles. The summed E-state index contributed by atoms with van der Waals surface area (Å²) >= 11 is 4.53. The van der Waals surface area contributed by atoms with Crippen LogP contribution in [-0.2, 0) is 19.2 Å². The first-order valence-electron chi connectivity index (χ1n) is 7.68. The Balaban J connectivity index is 1.71. The number of hydrogen-bond acceptors (Lipinski definition) is 9. The summed E-state index contributed by atoms with van der Waals surface area (Å²) in [5.41, 5.74) is 4.80. The number of hydrogen-bond donors (Lipinski definition) is 3. The molecule has 10 nitrogen and oxygen atoms in total. The van der Waals surface area contributed by atoms with Crippen LogP contribution in [0.1, 0.15) is 5.69 Å². The van der Waals surface area contributed by atoms with E-state index in [2.05, 4.69) is 15.5 Å². The minimum absolute atomic E-state index is 0.0790. The molecule has 0 radical (unpaired) electrons. The van der Waals surface area contributed by atoms with Gasteiger partial charge in [0, 0.05) is 22.1 Å². The molecular formula is C14H16IN5O5S2. The summed E-state index contributed by atoms with van der Waals surface area (Å²) < 4.78 is 0.399. The van der Waals surface area contributed by atoms with E-state index in [1.165, 1.54) is 23.8 Å². The van der Waals surface area contributed by atoms with Crippen molar-refractivity contribution in [3.05, 3.63) is 11.1 Å². The molecule has 27 heavy (non-hydrogen) atoms. The van der Waals surface area contributed by atoms with Gasteiger partial charge in [-0.15, -0.1) is 23.1 Å². The lowest BCUT2D eigenvalue weighted by Gasteiger charge is -2.53. The van der Waals surface area contributed by atoms with Crippen LogP contribution in [0.3, 0.4) is 0 Å². The number of thioether (sulfide) groups is 1. The van der Waals surface area contributed by atoms with Gasteiger partial charge in [0.2, 0.25) is 5.91 Å². The van der Waals surface area contributed by atoms with Crippen molar-refractivity contribution in [2.75, 3.05) is 29.6 Å². The second-order valence-corrected chi connectivity index (χ2v) is 8.79. The van der Waals surface area contributed by atoms with Crippen LogP contribution >= 0.6 is 45.7 Å². The van der Waals surface area contributed by atoms with Crippen LogP contribution in [0.15, 0.2) is 10.5 Å². The van der Waals surface area contributed by atoms with E-state index in [1.54, 1.807) is 5.38 Å². The van der Waals surface area contributed by atoms with Crippen LogP contribution in [0.4, 0.5) is 5.13 Å². The summed E-state index contributed by atoms with van der Waals surface area (Å²) in [6, 6.07) is -0.749. The van der Waals surface area contributed by atoms with Crippen LogP contribution in [-0.4, -0.2) is 73.7 Å². The number of alkyl halides is 1. The summed E-state index contributed by atoms with van der Waals surface area (Å²) in [5, 5.41) is 17.4. The number of oxime groups is 1. The monoisotopic (exact) mass is 525 g/mol. The highest BCUT2D eigenvalue weighted by atomic mass is 127. The third-order valence-electron chi connectivity index (χ3n) is 4.30. The molecule has 2 saturated heterocycles. The van der Waals surface area contributed by atoms with Crippen molar-refractivity contribution in [1.29, 1.82) is 0 Å². The SMILES string of the molecule is CON=C(C(=O)NC1C(=O)N2CC(CI)(C(=O)O)CS[C@H]12)c1csc(N)n1. The molecule has 2 fully saturated rings. The number of aliphatic carboxylic acids is 1. The number of anilines is 1. The van der Waals surface area contributed by atoms with E-state index in [-0.39, 0.29) is 34.4 Å². The molecule has 1 aromatic rings. The number of carbonyl (C=O) groups is 3. The zero-order chi connectivity index (χ0) is 19.8. The van der Waals surface area contributed by atoms with E-state index in [4.69, 9.17) is 10.6 Å². The van der Waals surface area contributed by atoms with Crippen molar-refractivity contribution >= 4 is 74.3 Å². The number of fused-ring (bicyclic) bond motifs is 1. The van der Waals surface area contributed by atoms with E-state index in [0.717, 1.165) is 11.3 Å². The highest BCUT2D eigenvalue weighted by Crippen LogP contribution is 2.43. The number of nitrogens with two attached hydrogens (primary N) is 1. The van der Waals surface area contributed by atoms with Gasteiger partial charge in [-0.3, -0.25) is 14.4 Å². The number of thiazole rings is 1. The van der Waals surface area contributed by atoms with E-state index in [0.29, 0.717) is 10.2 Å². The fraction of sp³-hybridized carbons (Fsp3) is 0.500. The maximum Gasteiger partial charge on any atom is 0.313 e. The molecular weight excluding hydrogens is 509 g/mol. The highest BCUT2D eigenvalue weighted by Gasteiger charge is 2.57. The average molecular weight is 525 g/mol. The Morgan fingerprint density at radius 3 is 2.93 bits per heavy atom. The summed E-state index contributed by atoms with van der Waals surface area (Å²) in [5.74, 6) is -1.47. The molecule has 0 bridgehead atoms. The number of nitrogens with zero attached hydrogens (tertiary/aromatic N) is 3. The maximum atomic E-state index is 12.6. The smallest absolute Gasteiger partial charge is 0.313 e. The molecule has 3 atom stereocenters. The Morgan fingerprint density at radius 1 is 1.63 bits per heavy atom. The van der Waals surface area contributed by atoms with Crippen LogP contribution < -0.4 is 11.1 Å². The van der Waals surface area contributed by atoms with Crippen molar-refractivity contribution in [3.8, 4) is 0 Å². The summed E-state index contributed by atoms with van der Waals surface area (Å²) in [6.45, 7) is 0.135. The van der Waals surface area contributed by atoms with Gasteiger partial charge in [0.1, 0.15) is 29.6 Å². The van der Waals surface area contributed by atoms with E-state index in [1.807, 2.05) is 22.6 Å². The van der Waals surface area contributed by atoms with Crippen molar-refractivity contribution < 1.29 is 24.3 Å². The van der Waals surface area contributed by atoms with Crippen molar-refractivity contribution in [2.45, 2.75) is 11.4 Å². The van der Waals surface area contributed by atoms with Gasteiger partial charge in [-0.1, -0.05) is 27.7 Å². The Morgan fingerprint density at radius 2 is 2.37 bits per heavy atom. The molecule has 0 aliphatic carbocycles. The molecule has 1 aromatic heterocycles. The van der Waals surface area contributed by atoms with Gasteiger partial charge in [0.15, 0.2) is 10.8 Å². The molecule has 2 aliphatic rings. The zero-order valence-electron chi connectivity index (χ0n) is 14.0. The third-order valence-corrected chi connectivity index (χ3v) is 8.02. The van der Waals surface area contributed by atoms with Gasteiger partial charge < -0.3 is 25.9 Å². The first kappa shape index (κ1) is 20.1. The van der Waals surface area contributed by atoms with E-state index in [9.17, 15) is 19.5 Å². The first-order chi connectivity index (χ1) is 12.8. The number of rotatable bonds is 6. The number of halogens is 1. The fourth-order valence-electron chi connectivity index (χ4n) is 2.80. The molecule has 3 rings (SSSR count). The average Bonchev–Trinajstić information content (AvgIpc) is 3.08. The van der Waals surface area contributed by atoms with Crippen LogP contribution in [0, 0.1) is 5.41 Å². The molecule has 0 saturated carbocycles. The predicted molar refractivity (Wildman–Crippen MR) is 109 cm³/mol. The molecule has 13 heteroatoms. The Hall–Kier alpha value is -1.61. The number of carboxylic acid groups (broad SMARTS) is 1. The topological polar surface area (TPSA) is 147 Å². The van der Waals surface area contributed by atoms with E-state index >= 15 is 0 Å². The van der Waals surface area contributed by atoms with Gasteiger partial charge in [0.25, 0.3) is 5.91 Å². The van der Waals surface area contributed by atoms with Gasteiger partial charge in [-0.2, -0.15) is 0 Å². The van der Waals surface area contributed by atoms with Crippen molar-refractivity contribution in [3.63, 3.8) is 0 Å². The third kappa shape index (κ3) is 3.59. The minimum Gasteiger partial charge on any atom is -0.481 e. The summed E-state index contributed by atoms with van der Waals surface area (Å²) in [6.07, 6.45) is 0. The molecule has 4 N–H and O–H groups in total. The number of carbonyl (C=O) groups excluding carboxylic acids is 2. The van der Waals surface area contributed by atoms with E-state index < -0.39 is 23.3 Å². The minimum atomic E-state index is -0.965.